The number of halogens is 6. The molecule has 4 amide bonds. The van der Waals surface area contributed by atoms with Gasteiger partial charge in [0.25, 0.3) is 0 Å². The molecule has 13 nitrogen and oxygen atoms in total. The van der Waals surface area contributed by atoms with Crippen LogP contribution in [0.2, 0.25) is 0 Å². The van der Waals surface area contributed by atoms with E-state index in [1.807, 2.05) is 0 Å². The second kappa shape index (κ2) is 17.3. The van der Waals surface area contributed by atoms with E-state index >= 15 is 0 Å². The number of carbonyl (C=O) groups excluding carboxylic acids is 4. The van der Waals surface area contributed by atoms with Crippen LogP contribution < -0.4 is 20.9 Å². The van der Waals surface area contributed by atoms with Gasteiger partial charge in [-0.25, -0.2) is 9.37 Å². The van der Waals surface area contributed by atoms with E-state index in [0.717, 1.165) is 27.6 Å². The van der Waals surface area contributed by atoms with Crippen LogP contribution in [0.4, 0.5) is 43.4 Å². The van der Waals surface area contributed by atoms with Crippen molar-refractivity contribution in [2.75, 3.05) is 54.9 Å². The Hall–Kier alpha value is -4.97. The van der Waals surface area contributed by atoms with E-state index in [1.165, 1.54) is 12.1 Å². The molecule has 20 heteroatoms. The van der Waals surface area contributed by atoms with Crippen LogP contribution in [0.1, 0.15) is 63.5 Å². The predicted molar refractivity (Wildman–Crippen MR) is 207 cm³/mol. The van der Waals surface area contributed by atoms with E-state index in [-0.39, 0.29) is 62.0 Å². The Morgan fingerprint density at radius 2 is 1.73 bits per heavy atom. The minimum Gasteiger partial charge on any atom is -0.377 e. The normalized spacial score (nSPS) is 23.3. The third kappa shape index (κ3) is 9.91. The second-order valence-corrected chi connectivity index (χ2v) is 15.8. The second-order valence-electron chi connectivity index (χ2n) is 15.4. The summed E-state index contributed by atoms with van der Waals surface area (Å²) in [5.74, 6) is -1.98. The maximum Gasteiger partial charge on any atom is 0.417 e. The molecule has 316 valence electrons. The lowest BCUT2D eigenvalue weighted by molar-refractivity contribution is -0.468. The lowest BCUT2D eigenvalue weighted by Gasteiger charge is -2.41. The number of rotatable bonds is 10. The molecular formula is C39H43F6N8O5S+. The number of carbonyl (C=O) groups is 4. The number of benzene rings is 2. The summed E-state index contributed by atoms with van der Waals surface area (Å²) in [6, 6.07) is 8.42. The van der Waals surface area contributed by atoms with Crippen LogP contribution >= 0.6 is 12.2 Å². The fraction of sp³-hybridized carbons (Fsp3) is 0.513. The number of hydrogen-bond acceptors (Lipinski definition) is 10. The highest BCUT2D eigenvalue weighted by Crippen LogP contribution is 2.38. The molecule has 1 unspecified atom stereocenters. The monoisotopic (exact) mass is 849 g/mol. The Morgan fingerprint density at radius 1 is 1.02 bits per heavy atom. The molecule has 2 aromatic rings. The van der Waals surface area contributed by atoms with Crippen molar-refractivity contribution in [3.05, 3.63) is 53.6 Å². The molecular weight excluding hydrogens is 807 g/mol. The zero-order chi connectivity index (χ0) is 42.9. The molecule has 3 N–H and O–H groups in total. The molecule has 3 saturated heterocycles. The molecule has 1 saturated carbocycles. The maximum atomic E-state index is 14.3. The highest BCUT2D eigenvalue weighted by Gasteiger charge is 2.57. The fourth-order valence-corrected chi connectivity index (χ4v) is 8.45. The number of nitrogens with one attached hydrogen (secondary N) is 3. The number of alkyl halides is 6. The number of thiocarbonyl (C=S) groups is 1. The van der Waals surface area contributed by atoms with Gasteiger partial charge in [-0.3, -0.25) is 29.5 Å². The van der Waals surface area contributed by atoms with Crippen LogP contribution in [0, 0.1) is 11.3 Å². The number of ether oxygens (including phenoxy) is 1. The van der Waals surface area contributed by atoms with Crippen molar-refractivity contribution in [2.24, 2.45) is 0 Å². The molecule has 4 aliphatic rings. The predicted octanol–water partition coefficient (Wildman–Crippen LogP) is 4.80. The van der Waals surface area contributed by atoms with Gasteiger partial charge in [0.2, 0.25) is 23.3 Å². The maximum absolute atomic E-state index is 14.3. The van der Waals surface area contributed by atoms with Crippen LogP contribution in [0.3, 0.4) is 0 Å². The summed E-state index contributed by atoms with van der Waals surface area (Å²) in [7, 11) is 0. The third-order valence-electron chi connectivity index (χ3n) is 11.0. The van der Waals surface area contributed by atoms with Crippen LogP contribution in [0.25, 0.3) is 0 Å². The van der Waals surface area contributed by atoms with Crippen molar-refractivity contribution in [3.63, 3.8) is 0 Å². The van der Waals surface area contributed by atoms with Crippen molar-refractivity contribution in [1.29, 1.82) is 5.26 Å². The van der Waals surface area contributed by atoms with Crippen LogP contribution in [-0.2, 0) is 30.1 Å². The Kier molecular flexibility index (Phi) is 12.8. The smallest absolute Gasteiger partial charge is 0.377 e. The summed E-state index contributed by atoms with van der Waals surface area (Å²) in [4.78, 5) is 53.9. The molecule has 0 aromatic heterocycles. The van der Waals surface area contributed by atoms with Crippen molar-refractivity contribution in [3.8, 4) is 6.07 Å². The molecule has 1 aliphatic carbocycles. The zero-order valence-corrected chi connectivity index (χ0v) is 33.0. The Labute approximate surface area is 341 Å². The first kappa shape index (κ1) is 43.6. The van der Waals surface area contributed by atoms with E-state index in [2.05, 4.69) is 16.0 Å². The molecule has 2 atom stereocenters. The molecule has 0 radical (unpaired) electrons. The van der Waals surface area contributed by atoms with Gasteiger partial charge in [-0.15, -0.1) is 4.90 Å². The molecule has 3 heterocycles. The van der Waals surface area contributed by atoms with E-state index in [0.29, 0.717) is 43.5 Å². The number of anilines is 3. The minimum atomic E-state index is -4.82. The number of amides is 4. The van der Waals surface area contributed by atoms with Gasteiger partial charge in [0.1, 0.15) is 17.8 Å². The summed E-state index contributed by atoms with van der Waals surface area (Å²) in [5.41, 5.74) is -1.42. The molecule has 6 rings (SSSR count). The molecule has 0 spiro atoms. The van der Waals surface area contributed by atoms with E-state index in [9.17, 15) is 50.8 Å². The quantitative estimate of drug-likeness (QED) is 0.132. The number of nitrogens with zero attached hydrogens (tertiary/aromatic N) is 5. The Balaban J connectivity index is 0.993. The highest BCUT2D eigenvalue weighted by atomic mass is 32.1. The topological polar surface area (TPSA) is 150 Å². The Bertz CT molecular complexity index is 2080. The minimum absolute atomic E-state index is 0.0162. The standard InChI is InChI=1S/C39H42F6N8O5S/c1-37(2)35(57)52(27-7-6-23(20-46)29(19-27)38(40,41)42)36(59)53(37)26-8-10-28(11-9-26)58-17-16-50-14-15-51(31(21-50)39(43,44)45)22-33(55)48-25-5-3-4-24(18-25)47-30-12-13-32(54)49-34(30)56/h3-7,18-19,28,30-31,47H,8-17,21-22H2,1-2H3,(H-,48,49,54,55,56)/p+1/t28?,30?,31-/m1/s1. The summed E-state index contributed by atoms with van der Waals surface area (Å²) in [5, 5.41) is 17.1. The number of hydrogen-bond donors (Lipinski definition) is 3. The fourth-order valence-electron chi connectivity index (χ4n) is 7.90. The number of piperazine rings is 1. The van der Waals surface area contributed by atoms with E-state index < -0.39 is 65.4 Å². The molecule has 0 bridgehead atoms. The van der Waals surface area contributed by atoms with E-state index in [1.54, 1.807) is 47.6 Å². The van der Waals surface area contributed by atoms with Crippen LogP contribution in [0.15, 0.2) is 42.5 Å². The van der Waals surface area contributed by atoms with Gasteiger partial charge in [0, 0.05) is 69.0 Å². The van der Waals surface area contributed by atoms with Gasteiger partial charge in [-0.1, -0.05) is 6.07 Å². The van der Waals surface area contributed by atoms with Crippen molar-refractivity contribution >= 4 is 63.7 Å². The highest BCUT2D eigenvalue weighted by molar-refractivity contribution is 7.80. The van der Waals surface area contributed by atoms with Crippen molar-refractivity contribution in [2.45, 2.75) is 88.5 Å². The number of nitriles is 1. The zero-order valence-electron chi connectivity index (χ0n) is 32.2. The van der Waals surface area contributed by atoms with Crippen LogP contribution in [0.5, 0.6) is 0 Å². The summed E-state index contributed by atoms with van der Waals surface area (Å²) >= 11 is 5.65. The van der Waals surface area contributed by atoms with Crippen molar-refractivity contribution < 1.29 is 54.8 Å². The largest absolute Gasteiger partial charge is 0.417 e. The first-order valence-electron chi connectivity index (χ1n) is 19.1. The van der Waals surface area contributed by atoms with Gasteiger partial charge in [0.15, 0.2) is 0 Å². The van der Waals surface area contributed by atoms with Crippen molar-refractivity contribution in [1.82, 2.24) is 15.1 Å². The lowest BCUT2D eigenvalue weighted by Crippen LogP contribution is -2.60. The average Bonchev–Trinajstić information content (AvgIpc) is 3.34. The number of piperidine rings is 1. The van der Waals surface area contributed by atoms with Gasteiger partial charge < -0.3 is 15.4 Å². The molecule has 2 aromatic carbocycles. The first-order valence-corrected chi connectivity index (χ1v) is 19.5. The summed E-state index contributed by atoms with van der Waals surface area (Å²) in [6.07, 6.45) is -7.20. The van der Waals surface area contributed by atoms with Crippen LogP contribution in [-0.4, -0.2) is 118 Å². The number of imide groups is 1. The molecule has 59 heavy (non-hydrogen) atoms. The summed E-state index contributed by atoms with van der Waals surface area (Å²) in [6.45, 7) is 3.06. The molecule has 4 fully saturated rings. The van der Waals surface area contributed by atoms with Gasteiger partial charge in [-0.2, -0.15) is 31.6 Å². The lowest BCUT2D eigenvalue weighted by atomic mass is 9.93. The average molecular weight is 850 g/mol. The van der Waals surface area contributed by atoms with E-state index in [4.69, 9.17) is 17.0 Å². The van der Waals surface area contributed by atoms with Gasteiger partial charge in [-0.05, 0) is 69.5 Å². The first-order chi connectivity index (χ1) is 27.8. The Morgan fingerprint density at radius 3 is 2.39 bits per heavy atom. The SMILES string of the molecule is CC1(C)C(=O)N(c2ccc(C#N)c(C(F)(F)F)c2)C(=S)[N+]1=C1CCC(OCCN2CCN(CC(=O)Nc3cccc(NC4CCC(=O)NC4=O)c3)[C@@H](C(F)(F)F)C2)CC1. The molecule has 3 aliphatic heterocycles. The third-order valence-corrected chi connectivity index (χ3v) is 11.3. The summed E-state index contributed by atoms with van der Waals surface area (Å²) < 4.78 is 91.7. The van der Waals surface area contributed by atoms with Gasteiger partial charge in [0.05, 0.1) is 42.2 Å². The van der Waals surface area contributed by atoms with Gasteiger partial charge >= 0.3 is 23.4 Å².